The summed E-state index contributed by atoms with van der Waals surface area (Å²) in [4.78, 5) is 36.3. The molecule has 1 aliphatic heterocycles. The van der Waals surface area contributed by atoms with Gasteiger partial charge in [-0.3, -0.25) is 25.1 Å². The number of nitro groups is 1. The third-order valence-corrected chi connectivity index (χ3v) is 6.06. The highest BCUT2D eigenvalue weighted by Gasteiger charge is 2.34. The minimum atomic E-state index is -0.481. The molecule has 33 heavy (non-hydrogen) atoms. The van der Waals surface area contributed by atoms with Crippen LogP contribution >= 0.6 is 24.0 Å². The van der Waals surface area contributed by atoms with Crippen LogP contribution in [-0.2, 0) is 16.0 Å². The lowest BCUT2D eigenvalue weighted by atomic mass is 10.1. The van der Waals surface area contributed by atoms with Gasteiger partial charge in [-0.25, -0.2) is 0 Å². The maximum absolute atomic E-state index is 12.8. The van der Waals surface area contributed by atoms with E-state index in [1.165, 1.54) is 12.1 Å². The Bertz CT molecular complexity index is 1300. The quantitative estimate of drug-likeness (QED) is 0.238. The van der Waals surface area contributed by atoms with Crippen molar-refractivity contribution in [2.24, 2.45) is 0 Å². The van der Waals surface area contributed by atoms with Crippen LogP contribution in [0.5, 0.6) is 0 Å². The standard InChI is InChI=1S/C23H17N3O5S2/c1-14-7-9-17(18(11-14)26(29)30)19-10-8-16(31-19)13-20-22(28)25(23(32)33-20)24-21(27)12-15-5-3-2-4-6-15/h2-11,13H,12H2,1H3,(H,24,27)/b20-13+. The first-order valence-corrected chi connectivity index (χ1v) is 11.0. The average Bonchev–Trinajstić information content (AvgIpc) is 3.34. The number of hydrogen-bond acceptors (Lipinski definition) is 7. The zero-order valence-electron chi connectivity index (χ0n) is 17.3. The molecule has 2 aromatic carbocycles. The van der Waals surface area contributed by atoms with Crippen LogP contribution in [0.15, 0.2) is 70.0 Å². The Morgan fingerprint density at radius 2 is 1.97 bits per heavy atom. The van der Waals surface area contributed by atoms with Gasteiger partial charge in [-0.1, -0.05) is 48.2 Å². The number of benzene rings is 2. The summed E-state index contributed by atoms with van der Waals surface area (Å²) in [5.41, 5.74) is 4.38. The highest BCUT2D eigenvalue weighted by atomic mass is 32.2. The van der Waals surface area contributed by atoms with Crippen molar-refractivity contribution in [3.63, 3.8) is 0 Å². The fourth-order valence-corrected chi connectivity index (χ4v) is 4.37. The van der Waals surface area contributed by atoms with Crippen LogP contribution in [0.1, 0.15) is 16.9 Å². The summed E-state index contributed by atoms with van der Waals surface area (Å²) in [6, 6.07) is 17.2. The van der Waals surface area contributed by atoms with E-state index in [2.05, 4.69) is 5.43 Å². The Hall–Kier alpha value is -3.76. The van der Waals surface area contributed by atoms with E-state index < -0.39 is 10.8 Å². The largest absolute Gasteiger partial charge is 0.456 e. The first-order chi connectivity index (χ1) is 15.8. The maximum atomic E-state index is 12.8. The molecule has 0 bridgehead atoms. The second-order valence-corrected chi connectivity index (χ2v) is 8.87. The van der Waals surface area contributed by atoms with Crippen LogP contribution in [0.25, 0.3) is 17.4 Å². The lowest BCUT2D eigenvalue weighted by Gasteiger charge is -2.15. The molecule has 3 aromatic rings. The predicted molar refractivity (Wildman–Crippen MR) is 129 cm³/mol. The molecule has 10 heteroatoms. The minimum absolute atomic E-state index is 0.0663. The summed E-state index contributed by atoms with van der Waals surface area (Å²) < 4.78 is 5.93. The van der Waals surface area contributed by atoms with E-state index in [9.17, 15) is 19.7 Å². The summed E-state index contributed by atoms with van der Waals surface area (Å²) in [5.74, 6) is -0.216. The second kappa shape index (κ2) is 9.39. The number of rotatable bonds is 6. The van der Waals surface area contributed by atoms with Gasteiger partial charge in [0.15, 0.2) is 4.32 Å². The van der Waals surface area contributed by atoms with Crippen molar-refractivity contribution >= 4 is 51.9 Å². The molecule has 2 amide bonds. The van der Waals surface area contributed by atoms with Gasteiger partial charge < -0.3 is 4.42 Å². The van der Waals surface area contributed by atoms with Crippen molar-refractivity contribution in [3.05, 3.63) is 92.6 Å². The Labute approximate surface area is 198 Å². The molecular formula is C23H17N3O5S2. The van der Waals surface area contributed by atoms with Crippen LogP contribution < -0.4 is 5.43 Å². The van der Waals surface area contributed by atoms with E-state index in [1.54, 1.807) is 31.2 Å². The number of hydrazine groups is 1. The predicted octanol–water partition coefficient (Wildman–Crippen LogP) is 4.64. The van der Waals surface area contributed by atoms with Crippen LogP contribution in [0.3, 0.4) is 0 Å². The summed E-state index contributed by atoms with van der Waals surface area (Å²) in [5, 5.41) is 12.4. The van der Waals surface area contributed by atoms with E-state index in [4.69, 9.17) is 16.6 Å². The van der Waals surface area contributed by atoms with Crippen LogP contribution in [0.4, 0.5) is 5.69 Å². The molecule has 0 atom stereocenters. The molecule has 4 rings (SSSR count). The summed E-state index contributed by atoms with van der Waals surface area (Å²) in [6.45, 7) is 1.77. The number of hydrogen-bond donors (Lipinski definition) is 1. The molecule has 8 nitrogen and oxygen atoms in total. The number of carbonyl (C=O) groups excluding carboxylic acids is 2. The number of aryl methyl sites for hydroxylation is 1. The molecule has 0 spiro atoms. The fraction of sp³-hybridized carbons (Fsp3) is 0.0870. The van der Waals surface area contributed by atoms with Crippen LogP contribution in [-0.4, -0.2) is 26.1 Å². The van der Waals surface area contributed by atoms with Crippen LogP contribution in [0, 0.1) is 17.0 Å². The van der Waals surface area contributed by atoms with Crippen molar-refractivity contribution < 1.29 is 18.9 Å². The van der Waals surface area contributed by atoms with Gasteiger partial charge in [-0.05, 0) is 48.5 Å². The molecular weight excluding hydrogens is 462 g/mol. The third kappa shape index (κ3) is 5.02. The first kappa shape index (κ1) is 22.4. The van der Waals surface area contributed by atoms with Crippen molar-refractivity contribution in [1.29, 1.82) is 0 Å². The highest BCUT2D eigenvalue weighted by Crippen LogP contribution is 2.35. The molecule has 166 valence electrons. The number of nitrogens with one attached hydrogen (secondary N) is 1. The van der Waals surface area contributed by atoms with Crippen molar-refractivity contribution in [2.45, 2.75) is 13.3 Å². The number of thioether (sulfide) groups is 1. The molecule has 1 saturated heterocycles. The van der Waals surface area contributed by atoms with Gasteiger partial charge in [-0.2, -0.15) is 5.01 Å². The van der Waals surface area contributed by atoms with E-state index in [0.717, 1.165) is 27.9 Å². The summed E-state index contributed by atoms with van der Waals surface area (Å²) in [6.07, 6.45) is 1.60. The molecule has 1 fully saturated rings. The zero-order chi connectivity index (χ0) is 23.5. The lowest BCUT2D eigenvalue weighted by molar-refractivity contribution is -0.384. The van der Waals surface area contributed by atoms with Gasteiger partial charge >= 0.3 is 0 Å². The molecule has 2 heterocycles. The molecule has 0 unspecified atom stereocenters. The molecule has 0 aliphatic carbocycles. The van der Waals surface area contributed by atoms with Gasteiger partial charge in [0.1, 0.15) is 11.5 Å². The number of nitrogens with zero attached hydrogens (tertiary/aromatic N) is 2. The van der Waals surface area contributed by atoms with Gasteiger partial charge in [-0.15, -0.1) is 0 Å². The Morgan fingerprint density at radius 1 is 1.21 bits per heavy atom. The maximum Gasteiger partial charge on any atom is 0.285 e. The number of thiocarbonyl (C=S) groups is 1. The fourth-order valence-electron chi connectivity index (χ4n) is 3.22. The highest BCUT2D eigenvalue weighted by molar-refractivity contribution is 8.26. The zero-order valence-corrected chi connectivity index (χ0v) is 18.9. The Morgan fingerprint density at radius 3 is 2.70 bits per heavy atom. The second-order valence-electron chi connectivity index (χ2n) is 7.19. The van der Waals surface area contributed by atoms with Gasteiger partial charge in [0.2, 0.25) is 5.91 Å². The smallest absolute Gasteiger partial charge is 0.285 e. The van der Waals surface area contributed by atoms with E-state index >= 15 is 0 Å². The SMILES string of the molecule is Cc1ccc(-c2ccc(/C=C3/SC(=S)N(NC(=O)Cc4ccccc4)C3=O)o2)c([N+](=O)[O-])c1. The van der Waals surface area contributed by atoms with Gasteiger partial charge in [0.05, 0.1) is 21.8 Å². The lowest BCUT2D eigenvalue weighted by Crippen LogP contribution is -2.45. The Balaban J connectivity index is 1.50. The topological polar surface area (TPSA) is 106 Å². The average molecular weight is 480 g/mol. The summed E-state index contributed by atoms with van der Waals surface area (Å²) in [7, 11) is 0. The summed E-state index contributed by atoms with van der Waals surface area (Å²) >= 11 is 6.27. The minimum Gasteiger partial charge on any atom is -0.456 e. The van der Waals surface area contributed by atoms with Crippen LogP contribution in [0.2, 0.25) is 0 Å². The monoisotopic (exact) mass is 479 g/mol. The first-order valence-electron chi connectivity index (χ1n) is 9.78. The number of nitro benzene ring substituents is 1. The molecule has 1 aliphatic rings. The van der Waals surface area contributed by atoms with E-state index in [0.29, 0.717) is 17.1 Å². The molecule has 0 radical (unpaired) electrons. The number of amides is 2. The van der Waals surface area contributed by atoms with E-state index in [-0.39, 0.29) is 27.2 Å². The van der Waals surface area contributed by atoms with Crippen molar-refractivity contribution in [1.82, 2.24) is 10.4 Å². The molecule has 1 N–H and O–H groups in total. The van der Waals surface area contributed by atoms with Gasteiger partial charge in [0.25, 0.3) is 11.6 Å². The number of furan rings is 1. The number of carbonyl (C=O) groups is 2. The molecule has 1 aromatic heterocycles. The Kier molecular flexibility index (Phi) is 6.38. The third-order valence-electron chi connectivity index (χ3n) is 4.75. The normalized spacial score (nSPS) is 14.7. The van der Waals surface area contributed by atoms with Crippen molar-refractivity contribution in [2.75, 3.05) is 0 Å². The van der Waals surface area contributed by atoms with Crippen molar-refractivity contribution in [3.8, 4) is 11.3 Å². The molecule has 0 saturated carbocycles. The van der Waals surface area contributed by atoms with E-state index in [1.807, 2.05) is 30.3 Å². The van der Waals surface area contributed by atoms with Gasteiger partial charge in [0, 0.05) is 12.1 Å².